The summed E-state index contributed by atoms with van der Waals surface area (Å²) in [6.45, 7) is 6.58. The fourth-order valence-electron chi connectivity index (χ4n) is 4.68. The van der Waals surface area contributed by atoms with Gasteiger partial charge in [0.15, 0.2) is 0 Å². The van der Waals surface area contributed by atoms with Gasteiger partial charge in [-0.3, -0.25) is 0 Å². The summed E-state index contributed by atoms with van der Waals surface area (Å²) in [5, 5.41) is 9.86. The van der Waals surface area contributed by atoms with Gasteiger partial charge >= 0.3 is 0 Å². The Balaban J connectivity index is 1.57. The minimum atomic E-state index is 0.241. The molecule has 0 aromatic heterocycles. The fourth-order valence-corrected chi connectivity index (χ4v) is 4.68. The van der Waals surface area contributed by atoms with E-state index in [9.17, 15) is 5.11 Å². The highest BCUT2D eigenvalue weighted by molar-refractivity contribution is 4.93. The van der Waals surface area contributed by atoms with Crippen LogP contribution >= 0.6 is 0 Å². The molecule has 0 aromatic carbocycles. The molecule has 2 unspecified atom stereocenters. The van der Waals surface area contributed by atoms with Gasteiger partial charge in [-0.2, -0.15) is 0 Å². The SMILES string of the molecule is CC1CCC(CO)(CN2CC3CCCC3C2)CC1. The molecule has 1 N–H and O–H groups in total. The molecule has 3 rings (SSSR count). The summed E-state index contributed by atoms with van der Waals surface area (Å²) in [6, 6.07) is 0. The Hall–Kier alpha value is -0.0800. The Morgan fingerprint density at radius 3 is 2.22 bits per heavy atom. The van der Waals surface area contributed by atoms with E-state index < -0.39 is 0 Å². The number of likely N-dealkylation sites (tertiary alicyclic amines) is 1. The molecule has 0 radical (unpaired) electrons. The predicted octanol–water partition coefficient (Wildman–Crippen LogP) is 2.91. The lowest BCUT2D eigenvalue weighted by molar-refractivity contribution is 0.0338. The first-order valence-corrected chi connectivity index (χ1v) is 8.04. The highest BCUT2D eigenvalue weighted by Crippen LogP contribution is 2.43. The molecule has 2 saturated carbocycles. The summed E-state index contributed by atoms with van der Waals surface area (Å²) in [4.78, 5) is 2.68. The lowest BCUT2D eigenvalue weighted by atomic mass is 9.71. The van der Waals surface area contributed by atoms with Gasteiger partial charge in [0, 0.05) is 31.7 Å². The van der Waals surface area contributed by atoms with Gasteiger partial charge in [0.25, 0.3) is 0 Å². The quantitative estimate of drug-likeness (QED) is 0.833. The van der Waals surface area contributed by atoms with Crippen LogP contribution in [0.5, 0.6) is 0 Å². The van der Waals surface area contributed by atoms with E-state index in [4.69, 9.17) is 0 Å². The van der Waals surface area contributed by atoms with Crippen molar-refractivity contribution < 1.29 is 5.11 Å². The van der Waals surface area contributed by atoms with Crippen molar-refractivity contribution in [2.45, 2.75) is 51.9 Å². The van der Waals surface area contributed by atoms with E-state index in [0.29, 0.717) is 6.61 Å². The zero-order chi connectivity index (χ0) is 12.6. The van der Waals surface area contributed by atoms with E-state index in [1.807, 2.05) is 0 Å². The zero-order valence-electron chi connectivity index (χ0n) is 11.9. The maximum absolute atomic E-state index is 9.86. The van der Waals surface area contributed by atoms with E-state index >= 15 is 0 Å². The number of hydrogen-bond donors (Lipinski definition) is 1. The largest absolute Gasteiger partial charge is 0.396 e. The third kappa shape index (κ3) is 2.46. The van der Waals surface area contributed by atoms with Crippen molar-refractivity contribution in [1.29, 1.82) is 0 Å². The minimum absolute atomic E-state index is 0.241. The molecule has 0 bridgehead atoms. The Morgan fingerprint density at radius 1 is 1.06 bits per heavy atom. The van der Waals surface area contributed by atoms with Crippen LogP contribution in [0.25, 0.3) is 0 Å². The molecule has 3 aliphatic rings. The topological polar surface area (TPSA) is 23.5 Å². The molecule has 1 heterocycles. The van der Waals surface area contributed by atoms with Crippen molar-refractivity contribution in [2.24, 2.45) is 23.2 Å². The Morgan fingerprint density at radius 2 is 1.67 bits per heavy atom. The Bertz CT molecular complexity index is 271. The summed E-state index contributed by atoms with van der Waals surface area (Å²) < 4.78 is 0. The molecule has 104 valence electrons. The lowest BCUT2D eigenvalue weighted by Crippen LogP contribution is -2.42. The van der Waals surface area contributed by atoms with Crippen molar-refractivity contribution in [3.05, 3.63) is 0 Å². The second kappa shape index (κ2) is 5.13. The van der Waals surface area contributed by atoms with Crippen molar-refractivity contribution >= 4 is 0 Å². The highest BCUT2D eigenvalue weighted by Gasteiger charge is 2.41. The highest BCUT2D eigenvalue weighted by atomic mass is 16.3. The zero-order valence-corrected chi connectivity index (χ0v) is 11.9. The average molecular weight is 251 g/mol. The van der Waals surface area contributed by atoms with Crippen LogP contribution in [-0.4, -0.2) is 36.2 Å². The summed E-state index contributed by atoms with van der Waals surface area (Å²) in [5.74, 6) is 2.86. The van der Waals surface area contributed by atoms with Gasteiger partial charge < -0.3 is 10.0 Å². The average Bonchev–Trinajstić information content (AvgIpc) is 2.93. The number of aliphatic hydroxyl groups excluding tert-OH is 1. The molecule has 2 atom stereocenters. The monoisotopic (exact) mass is 251 g/mol. The first-order chi connectivity index (χ1) is 8.71. The molecule has 2 heteroatoms. The molecular formula is C16H29NO. The second-order valence-corrected chi connectivity index (χ2v) is 7.49. The second-order valence-electron chi connectivity index (χ2n) is 7.49. The van der Waals surface area contributed by atoms with Crippen LogP contribution in [0.15, 0.2) is 0 Å². The summed E-state index contributed by atoms with van der Waals surface area (Å²) in [6.07, 6.45) is 9.52. The van der Waals surface area contributed by atoms with Crippen LogP contribution in [0, 0.1) is 23.2 Å². The van der Waals surface area contributed by atoms with Gasteiger partial charge in [0.05, 0.1) is 0 Å². The third-order valence-corrected chi connectivity index (χ3v) is 6.03. The number of rotatable bonds is 3. The minimum Gasteiger partial charge on any atom is -0.396 e. The molecule has 0 aromatic rings. The summed E-state index contributed by atoms with van der Waals surface area (Å²) >= 11 is 0. The normalized spacial score (nSPS) is 45.3. The van der Waals surface area contributed by atoms with Gasteiger partial charge in [0.1, 0.15) is 0 Å². The molecule has 1 aliphatic heterocycles. The van der Waals surface area contributed by atoms with Crippen LogP contribution in [0.3, 0.4) is 0 Å². The summed E-state index contributed by atoms with van der Waals surface area (Å²) in [5.41, 5.74) is 0.241. The third-order valence-electron chi connectivity index (χ3n) is 6.03. The van der Waals surface area contributed by atoms with E-state index in [-0.39, 0.29) is 5.41 Å². The van der Waals surface area contributed by atoms with Crippen molar-refractivity contribution in [3.8, 4) is 0 Å². The van der Waals surface area contributed by atoms with E-state index in [1.165, 1.54) is 64.6 Å². The molecule has 3 fully saturated rings. The summed E-state index contributed by atoms with van der Waals surface area (Å²) in [7, 11) is 0. The first kappa shape index (κ1) is 12.9. The van der Waals surface area contributed by atoms with Crippen molar-refractivity contribution in [3.63, 3.8) is 0 Å². The predicted molar refractivity (Wildman–Crippen MR) is 74.4 cm³/mol. The van der Waals surface area contributed by atoms with Gasteiger partial charge in [-0.05, 0) is 43.4 Å². The number of nitrogens with zero attached hydrogens (tertiary/aromatic N) is 1. The number of hydrogen-bond acceptors (Lipinski definition) is 2. The maximum Gasteiger partial charge on any atom is 0.0499 e. The van der Waals surface area contributed by atoms with Crippen LogP contribution in [-0.2, 0) is 0 Å². The lowest BCUT2D eigenvalue weighted by Gasteiger charge is -2.40. The van der Waals surface area contributed by atoms with Crippen LogP contribution in [0.1, 0.15) is 51.9 Å². The Labute approximate surface area is 112 Å². The molecule has 0 amide bonds. The van der Waals surface area contributed by atoms with E-state index in [0.717, 1.165) is 17.8 Å². The standard InChI is InChI=1S/C16H29NO/c1-13-5-7-16(12-18,8-6-13)11-17-9-14-3-2-4-15(14)10-17/h13-15,18H,2-12H2,1H3. The number of fused-ring (bicyclic) bond motifs is 1. The van der Waals surface area contributed by atoms with Crippen molar-refractivity contribution in [1.82, 2.24) is 4.90 Å². The molecule has 2 nitrogen and oxygen atoms in total. The molecule has 2 aliphatic carbocycles. The van der Waals surface area contributed by atoms with Crippen LogP contribution in [0.2, 0.25) is 0 Å². The van der Waals surface area contributed by atoms with Crippen LogP contribution in [0.4, 0.5) is 0 Å². The maximum atomic E-state index is 9.86. The Kier molecular flexibility index (Phi) is 3.68. The smallest absolute Gasteiger partial charge is 0.0499 e. The molecule has 1 saturated heterocycles. The molecule has 18 heavy (non-hydrogen) atoms. The molecular weight excluding hydrogens is 222 g/mol. The van der Waals surface area contributed by atoms with Gasteiger partial charge in [-0.25, -0.2) is 0 Å². The molecule has 0 spiro atoms. The number of aliphatic hydroxyl groups is 1. The fraction of sp³-hybridized carbons (Fsp3) is 1.00. The van der Waals surface area contributed by atoms with Gasteiger partial charge in [0.2, 0.25) is 0 Å². The van der Waals surface area contributed by atoms with E-state index in [1.54, 1.807) is 0 Å². The first-order valence-electron chi connectivity index (χ1n) is 8.04. The van der Waals surface area contributed by atoms with Gasteiger partial charge in [-0.15, -0.1) is 0 Å². The van der Waals surface area contributed by atoms with Crippen LogP contribution < -0.4 is 0 Å². The van der Waals surface area contributed by atoms with Gasteiger partial charge in [-0.1, -0.05) is 26.2 Å². The van der Waals surface area contributed by atoms with E-state index in [2.05, 4.69) is 11.8 Å². The van der Waals surface area contributed by atoms with Crippen molar-refractivity contribution in [2.75, 3.05) is 26.2 Å².